The summed E-state index contributed by atoms with van der Waals surface area (Å²) in [5, 5.41) is 21.0. The van der Waals surface area contributed by atoms with Gasteiger partial charge in [-0.1, -0.05) is 46.3 Å². The van der Waals surface area contributed by atoms with E-state index in [-0.39, 0.29) is 6.61 Å². The summed E-state index contributed by atoms with van der Waals surface area (Å²) in [7, 11) is 0. The zero-order valence-electron chi connectivity index (χ0n) is 11.9. The van der Waals surface area contributed by atoms with Crippen LogP contribution < -0.4 is 0 Å². The first-order valence-corrected chi connectivity index (χ1v) is 8.34. The van der Waals surface area contributed by atoms with Gasteiger partial charge in [0.15, 0.2) is 12.6 Å². The van der Waals surface area contributed by atoms with Crippen LogP contribution in [0.1, 0.15) is 11.9 Å². The topological polar surface area (TPSA) is 77.4 Å². The van der Waals surface area contributed by atoms with E-state index in [4.69, 9.17) is 18.9 Å². The molecule has 2 aliphatic heterocycles. The lowest BCUT2D eigenvalue weighted by atomic mass is 9.98. The Labute approximate surface area is 137 Å². The van der Waals surface area contributed by atoms with E-state index in [0.717, 1.165) is 5.56 Å². The lowest BCUT2D eigenvalue weighted by molar-refractivity contribution is -0.360. The first-order valence-electron chi connectivity index (χ1n) is 7.22. The zero-order valence-corrected chi connectivity index (χ0v) is 13.5. The van der Waals surface area contributed by atoms with Gasteiger partial charge in [0, 0.05) is 10.9 Å². The van der Waals surface area contributed by atoms with E-state index < -0.39 is 37.0 Å². The molecule has 0 radical (unpaired) electrons. The van der Waals surface area contributed by atoms with Gasteiger partial charge in [0.05, 0.1) is 13.2 Å². The molecule has 1 aromatic rings. The second kappa shape index (κ2) is 7.35. The summed E-state index contributed by atoms with van der Waals surface area (Å²) in [5.74, 6) is 0. The molecule has 7 heteroatoms. The number of ether oxygens (including phenoxy) is 4. The van der Waals surface area contributed by atoms with E-state index in [0.29, 0.717) is 11.9 Å². The minimum absolute atomic E-state index is 0.266. The second-order valence-electron chi connectivity index (χ2n) is 5.26. The van der Waals surface area contributed by atoms with E-state index in [1.54, 1.807) is 0 Å². The maximum atomic E-state index is 10.3. The number of aliphatic hydroxyl groups is 2. The average molecular weight is 375 g/mol. The lowest BCUT2D eigenvalue weighted by Gasteiger charge is -2.46. The summed E-state index contributed by atoms with van der Waals surface area (Å²) in [4.78, 5) is 0. The molecule has 0 aromatic heterocycles. The van der Waals surface area contributed by atoms with Gasteiger partial charge in [0.25, 0.3) is 0 Å². The van der Waals surface area contributed by atoms with Gasteiger partial charge in [-0.2, -0.15) is 0 Å². The Morgan fingerprint density at radius 2 is 1.91 bits per heavy atom. The molecule has 22 heavy (non-hydrogen) atoms. The average Bonchev–Trinajstić information content (AvgIpc) is 2.57. The zero-order chi connectivity index (χ0) is 15.5. The smallest absolute Gasteiger partial charge is 0.186 e. The second-order valence-corrected chi connectivity index (χ2v) is 6.05. The third-order valence-corrected chi connectivity index (χ3v) is 4.09. The van der Waals surface area contributed by atoms with Crippen molar-refractivity contribution in [1.82, 2.24) is 0 Å². The minimum atomic E-state index is -1.16. The fourth-order valence-electron chi connectivity index (χ4n) is 2.66. The lowest BCUT2D eigenvalue weighted by Crippen LogP contribution is -2.62. The predicted octanol–water partition coefficient (Wildman–Crippen LogP) is 0.959. The minimum Gasteiger partial charge on any atom is -0.387 e. The van der Waals surface area contributed by atoms with Crippen LogP contribution in [0.2, 0.25) is 0 Å². The molecule has 0 amide bonds. The standard InChI is InChI=1S/C15H19BrO6/c16-6-7-19-15-12(18)11(17)13-10(21-15)8-20-14(22-13)9-4-2-1-3-5-9/h1-5,10-15,17-18H,6-8H2/t10-,11-,12-,13+,14?,15-/m1/s1. The van der Waals surface area contributed by atoms with Crippen LogP contribution in [-0.4, -0.2) is 59.5 Å². The fraction of sp³-hybridized carbons (Fsp3) is 0.600. The van der Waals surface area contributed by atoms with Gasteiger partial charge in [-0.05, 0) is 0 Å². The molecule has 0 spiro atoms. The van der Waals surface area contributed by atoms with Crippen molar-refractivity contribution in [3.05, 3.63) is 35.9 Å². The molecule has 2 aliphatic rings. The Hall–Kier alpha value is -0.540. The van der Waals surface area contributed by atoms with Crippen LogP contribution in [-0.2, 0) is 18.9 Å². The molecular formula is C15H19BrO6. The Morgan fingerprint density at radius 1 is 1.14 bits per heavy atom. The van der Waals surface area contributed by atoms with E-state index in [2.05, 4.69) is 15.9 Å². The van der Waals surface area contributed by atoms with Gasteiger partial charge in [-0.25, -0.2) is 0 Å². The van der Waals surface area contributed by atoms with Crippen LogP contribution >= 0.6 is 15.9 Å². The van der Waals surface area contributed by atoms with Gasteiger partial charge >= 0.3 is 0 Å². The molecule has 1 unspecified atom stereocenters. The molecule has 2 heterocycles. The molecule has 2 fully saturated rings. The highest BCUT2D eigenvalue weighted by atomic mass is 79.9. The highest BCUT2D eigenvalue weighted by Gasteiger charge is 2.49. The monoisotopic (exact) mass is 374 g/mol. The predicted molar refractivity (Wildman–Crippen MR) is 80.4 cm³/mol. The van der Waals surface area contributed by atoms with Crippen molar-refractivity contribution in [3.8, 4) is 0 Å². The van der Waals surface area contributed by atoms with E-state index in [1.165, 1.54) is 0 Å². The number of aliphatic hydroxyl groups excluding tert-OH is 2. The first-order chi connectivity index (χ1) is 10.7. The summed E-state index contributed by atoms with van der Waals surface area (Å²) in [6, 6.07) is 9.46. The third-order valence-electron chi connectivity index (χ3n) is 3.76. The maximum absolute atomic E-state index is 10.3. The van der Waals surface area contributed by atoms with Gasteiger partial charge in [-0.3, -0.25) is 0 Å². The quantitative estimate of drug-likeness (QED) is 0.764. The highest BCUT2D eigenvalue weighted by molar-refractivity contribution is 9.09. The van der Waals surface area contributed by atoms with Crippen LogP contribution in [0.4, 0.5) is 0 Å². The largest absolute Gasteiger partial charge is 0.387 e. The highest BCUT2D eigenvalue weighted by Crippen LogP contribution is 2.34. The summed E-state index contributed by atoms with van der Waals surface area (Å²) in [6.07, 6.45) is -4.83. The van der Waals surface area contributed by atoms with Gasteiger partial charge in [0.1, 0.15) is 24.4 Å². The van der Waals surface area contributed by atoms with Crippen LogP contribution in [0.25, 0.3) is 0 Å². The Kier molecular flexibility index (Phi) is 5.46. The molecule has 122 valence electrons. The van der Waals surface area contributed by atoms with Crippen molar-refractivity contribution in [2.24, 2.45) is 0 Å². The van der Waals surface area contributed by atoms with Crippen LogP contribution in [0.3, 0.4) is 0 Å². The Bertz CT molecular complexity index is 470. The Morgan fingerprint density at radius 3 is 2.64 bits per heavy atom. The summed E-state index contributed by atoms with van der Waals surface area (Å²) in [5.41, 5.74) is 0.861. The first kappa shape index (κ1) is 16.3. The molecule has 1 aromatic carbocycles. The summed E-state index contributed by atoms with van der Waals surface area (Å²) >= 11 is 3.24. The van der Waals surface area contributed by atoms with Gasteiger partial charge in [-0.15, -0.1) is 0 Å². The van der Waals surface area contributed by atoms with Crippen molar-refractivity contribution in [2.75, 3.05) is 18.5 Å². The van der Waals surface area contributed by atoms with Gasteiger partial charge in [0.2, 0.25) is 0 Å². The molecule has 2 saturated heterocycles. The van der Waals surface area contributed by atoms with Crippen molar-refractivity contribution in [2.45, 2.75) is 37.0 Å². The van der Waals surface area contributed by atoms with Crippen LogP contribution in [0.15, 0.2) is 30.3 Å². The Balaban J connectivity index is 1.67. The summed E-state index contributed by atoms with van der Waals surface area (Å²) in [6.45, 7) is 0.641. The molecule has 0 bridgehead atoms. The van der Waals surface area contributed by atoms with E-state index in [9.17, 15) is 10.2 Å². The third kappa shape index (κ3) is 3.35. The molecule has 2 N–H and O–H groups in total. The SMILES string of the molecule is O[C@@H]1[C@@H](O)[C@H](OCCBr)O[C@@H]2COC(c3ccccc3)O[C@H]12. The molecule has 6 nitrogen and oxygen atoms in total. The van der Waals surface area contributed by atoms with Crippen molar-refractivity contribution in [3.63, 3.8) is 0 Å². The normalized spacial score (nSPS) is 38.5. The number of benzene rings is 1. The van der Waals surface area contributed by atoms with Crippen molar-refractivity contribution >= 4 is 15.9 Å². The molecule has 6 atom stereocenters. The summed E-state index contributed by atoms with van der Waals surface area (Å²) < 4.78 is 22.5. The number of alkyl halides is 1. The molecule has 0 saturated carbocycles. The van der Waals surface area contributed by atoms with Gasteiger partial charge < -0.3 is 29.2 Å². The number of hydrogen-bond donors (Lipinski definition) is 2. The van der Waals surface area contributed by atoms with Crippen molar-refractivity contribution < 1.29 is 29.2 Å². The molecular weight excluding hydrogens is 356 g/mol. The van der Waals surface area contributed by atoms with E-state index >= 15 is 0 Å². The van der Waals surface area contributed by atoms with Crippen LogP contribution in [0.5, 0.6) is 0 Å². The maximum Gasteiger partial charge on any atom is 0.186 e. The number of rotatable bonds is 4. The van der Waals surface area contributed by atoms with Crippen molar-refractivity contribution in [1.29, 1.82) is 0 Å². The van der Waals surface area contributed by atoms with E-state index in [1.807, 2.05) is 30.3 Å². The molecule has 3 rings (SSSR count). The van der Waals surface area contributed by atoms with Crippen LogP contribution in [0, 0.1) is 0 Å². The number of fused-ring (bicyclic) bond motifs is 1. The number of hydrogen-bond acceptors (Lipinski definition) is 6. The fourth-order valence-corrected chi connectivity index (χ4v) is 2.84. The number of halogens is 1. The molecule has 0 aliphatic carbocycles.